The molecule has 0 bridgehead atoms. The maximum Gasteiger partial charge on any atom is 0.228 e. The van der Waals surface area contributed by atoms with Gasteiger partial charge in [0.1, 0.15) is 17.5 Å². The van der Waals surface area contributed by atoms with Crippen molar-refractivity contribution in [2.45, 2.75) is 78.3 Å². The summed E-state index contributed by atoms with van der Waals surface area (Å²) in [5, 5.41) is 0. The third-order valence-electron chi connectivity index (χ3n) is 11.8. The van der Waals surface area contributed by atoms with Crippen LogP contribution in [0.2, 0.25) is 0 Å². The molecule has 2 aliphatic heterocycles. The minimum Gasteiger partial charge on any atom is -0.300 e. The van der Waals surface area contributed by atoms with Crippen LogP contribution in [0.1, 0.15) is 65.6 Å². The summed E-state index contributed by atoms with van der Waals surface area (Å²) in [4.78, 5) is 50.6. The Hall–Kier alpha value is -4.76. The van der Waals surface area contributed by atoms with E-state index in [1.54, 1.807) is 36.4 Å². The molecule has 2 aliphatic rings. The maximum atomic E-state index is 14.4. The van der Waals surface area contributed by atoms with E-state index in [0.29, 0.717) is 43.9 Å². The topological polar surface area (TPSA) is 92.3 Å². The number of hydrogen-bond acceptors (Lipinski definition) is 9. The number of halogens is 3. The van der Waals surface area contributed by atoms with Gasteiger partial charge in [0, 0.05) is 127 Å². The Morgan fingerprint density at radius 2 is 1.07 bits per heavy atom. The van der Waals surface area contributed by atoms with Gasteiger partial charge in [-0.25, -0.2) is 23.1 Å². The molecule has 2 saturated heterocycles. The predicted octanol–water partition coefficient (Wildman–Crippen LogP) is 6.74. The highest BCUT2D eigenvalue weighted by molar-refractivity contribution is 5.93. The van der Waals surface area contributed by atoms with Crippen LogP contribution in [0, 0.1) is 17.5 Å². The van der Waals surface area contributed by atoms with Crippen LogP contribution in [0.4, 0.5) is 24.8 Å². The van der Waals surface area contributed by atoms with Crippen molar-refractivity contribution in [3.05, 3.63) is 114 Å². The van der Waals surface area contributed by atoms with Crippen LogP contribution in [0.25, 0.3) is 0 Å². The third-order valence-corrected chi connectivity index (χ3v) is 11.8. The van der Waals surface area contributed by atoms with Crippen molar-refractivity contribution >= 4 is 23.5 Å². The number of carbonyl (C=O) groups is 2. The third kappa shape index (κ3) is 13.4. The standard InChI is InChI=1S/C24H32F2N4O.C23H32FN5O/c1-4-22(31)30(23-21(26)10-7-12-27-23)18-24(2,3)29-16-14-28(15-17-29)13-11-19-8-5-6-9-20(19)25;1-4-22(30)29(21-9-5-6-11-26-21)18-23(2,3)28-16-14-27(15-17-28)13-10-20-19(24)8-7-12-25-20/h5-10,12H,4,11,13-18H2,1-3H3;5-9,11-12H,4,10,13-18H2,1-3H3. The molecule has 0 saturated carbocycles. The molecule has 330 valence electrons. The lowest BCUT2D eigenvalue weighted by Gasteiger charge is -2.45. The van der Waals surface area contributed by atoms with Gasteiger partial charge in [0.05, 0.1) is 5.69 Å². The summed E-state index contributed by atoms with van der Waals surface area (Å²) in [5.41, 5.74) is 0.759. The zero-order valence-electron chi connectivity index (χ0n) is 36.9. The maximum absolute atomic E-state index is 14.4. The minimum atomic E-state index is -0.488. The number of piperazine rings is 2. The zero-order chi connectivity index (χ0) is 44.0. The molecule has 0 unspecified atom stereocenters. The van der Waals surface area contributed by atoms with Gasteiger partial charge >= 0.3 is 0 Å². The molecule has 5 heterocycles. The molecule has 0 atom stereocenters. The molecule has 2 amide bonds. The molecular formula is C47H64F3N9O2. The van der Waals surface area contributed by atoms with Crippen molar-refractivity contribution < 1.29 is 22.8 Å². The number of carbonyl (C=O) groups excluding carboxylic acids is 2. The van der Waals surface area contributed by atoms with Gasteiger partial charge in [0.15, 0.2) is 11.6 Å². The van der Waals surface area contributed by atoms with Crippen molar-refractivity contribution in [1.82, 2.24) is 34.6 Å². The first-order chi connectivity index (χ1) is 29.2. The van der Waals surface area contributed by atoms with Gasteiger partial charge < -0.3 is 9.80 Å². The van der Waals surface area contributed by atoms with E-state index >= 15 is 0 Å². The second-order valence-electron chi connectivity index (χ2n) is 17.0. The summed E-state index contributed by atoms with van der Waals surface area (Å²) in [7, 11) is 0. The summed E-state index contributed by atoms with van der Waals surface area (Å²) in [6.07, 6.45) is 6.92. The smallest absolute Gasteiger partial charge is 0.228 e. The molecule has 4 aromatic rings. The van der Waals surface area contributed by atoms with E-state index in [2.05, 4.69) is 62.2 Å². The number of pyridine rings is 3. The fourth-order valence-corrected chi connectivity index (χ4v) is 8.02. The van der Waals surface area contributed by atoms with Crippen LogP contribution in [0.5, 0.6) is 0 Å². The van der Waals surface area contributed by atoms with Gasteiger partial charge in [-0.15, -0.1) is 0 Å². The van der Waals surface area contributed by atoms with Gasteiger partial charge in [-0.1, -0.05) is 38.1 Å². The Morgan fingerprint density at radius 3 is 1.61 bits per heavy atom. The number of aromatic nitrogens is 3. The molecular weight excluding hydrogens is 780 g/mol. The Labute approximate surface area is 360 Å². The van der Waals surface area contributed by atoms with E-state index in [1.165, 1.54) is 35.4 Å². The first-order valence-corrected chi connectivity index (χ1v) is 21.6. The minimum absolute atomic E-state index is 0.0813. The Bertz CT molecular complexity index is 1990. The molecule has 14 heteroatoms. The summed E-state index contributed by atoms with van der Waals surface area (Å²) >= 11 is 0. The monoisotopic (exact) mass is 844 g/mol. The number of benzene rings is 1. The van der Waals surface area contributed by atoms with Crippen molar-refractivity contribution in [2.24, 2.45) is 0 Å². The summed E-state index contributed by atoms with van der Waals surface area (Å²) in [6, 6.07) is 18.5. The lowest BCUT2D eigenvalue weighted by molar-refractivity contribution is -0.119. The molecule has 11 nitrogen and oxygen atoms in total. The van der Waals surface area contributed by atoms with E-state index in [9.17, 15) is 22.8 Å². The Morgan fingerprint density at radius 1 is 0.574 bits per heavy atom. The molecule has 61 heavy (non-hydrogen) atoms. The van der Waals surface area contributed by atoms with Gasteiger partial charge in [-0.2, -0.15) is 0 Å². The highest BCUT2D eigenvalue weighted by atomic mass is 19.1. The van der Waals surface area contributed by atoms with E-state index in [1.807, 2.05) is 37.3 Å². The van der Waals surface area contributed by atoms with Gasteiger partial charge in [-0.05, 0) is 82.1 Å². The van der Waals surface area contributed by atoms with Crippen molar-refractivity contribution in [3.8, 4) is 0 Å². The van der Waals surface area contributed by atoms with Crippen molar-refractivity contribution in [3.63, 3.8) is 0 Å². The largest absolute Gasteiger partial charge is 0.300 e. The molecule has 0 spiro atoms. The molecule has 6 rings (SSSR count). The molecule has 0 radical (unpaired) electrons. The molecule has 3 aromatic heterocycles. The van der Waals surface area contributed by atoms with Crippen LogP contribution < -0.4 is 9.80 Å². The molecule has 1 aromatic carbocycles. The van der Waals surface area contributed by atoms with E-state index in [0.717, 1.165) is 71.0 Å². The van der Waals surface area contributed by atoms with Crippen LogP contribution >= 0.6 is 0 Å². The SMILES string of the molecule is CCC(=O)N(CC(C)(C)N1CCN(CCc2ccccc2F)CC1)c1ncccc1F.CCC(=O)N(CC(C)(C)N1CCN(CCc2ncccc2F)CC1)c1ccccn1. The van der Waals surface area contributed by atoms with Crippen molar-refractivity contribution in [1.29, 1.82) is 0 Å². The molecule has 0 aliphatic carbocycles. The second-order valence-corrected chi connectivity index (χ2v) is 17.0. The van der Waals surface area contributed by atoms with E-state index < -0.39 is 5.82 Å². The lowest BCUT2D eigenvalue weighted by atomic mass is 10.00. The number of hydrogen-bond donors (Lipinski definition) is 0. The average Bonchev–Trinajstić information content (AvgIpc) is 3.27. The summed E-state index contributed by atoms with van der Waals surface area (Å²) in [5.74, 6) is -0.137. The summed E-state index contributed by atoms with van der Waals surface area (Å²) < 4.78 is 42.0. The highest BCUT2D eigenvalue weighted by Gasteiger charge is 2.35. The normalized spacial score (nSPS) is 15.8. The van der Waals surface area contributed by atoms with Crippen LogP contribution in [-0.4, -0.2) is 136 Å². The Balaban J connectivity index is 0.000000231. The second kappa shape index (κ2) is 22.4. The molecule has 0 N–H and O–H groups in total. The number of rotatable bonds is 16. The van der Waals surface area contributed by atoms with Crippen molar-refractivity contribution in [2.75, 3.05) is 88.3 Å². The lowest BCUT2D eigenvalue weighted by Crippen LogP contribution is -2.59. The highest BCUT2D eigenvalue weighted by Crippen LogP contribution is 2.25. The number of amides is 2. The van der Waals surface area contributed by atoms with Crippen LogP contribution in [0.15, 0.2) is 85.3 Å². The van der Waals surface area contributed by atoms with Gasteiger partial charge in [0.2, 0.25) is 11.8 Å². The van der Waals surface area contributed by atoms with Gasteiger partial charge in [-0.3, -0.25) is 34.2 Å². The fourth-order valence-electron chi connectivity index (χ4n) is 8.02. The van der Waals surface area contributed by atoms with Crippen LogP contribution in [-0.2, 0) is 22.4 Å². The molecule has 2 fully saturated rings. The average molecular weight is 844 g/mol. The first-order valence-electron chi connectivity index (χ1n) is 21.6. The zero-order valence-corrected chi connectivity index (χ0v) is 36.9. The van der Waals surface area contributed by atoms with E-state index in [-0.39, 0.29) is 46.8 Å². The van der Waals surface area contributed by atoms with Crippen LogP contribution in [0.3, 0.4) is 0 Å². The summed E-state index contributed by atoms with van der Waals surface area (Å²) in [6.45, 7) is 21.8. The van der Waals surface area contributed by atoms with E-state index in [4.69, 9.17) is 0 Å². The fraction of sp³-hybridized carbons (Fsp3) is 0.511. The Kier molecular flexibility index (Phi) is 17.3. The number of nitrogens with zero attached hydrogens (tertiary/aromatic N) is 9. The number of anilines is 2. The predicted molar refractivity (Wildman–Crippen MR) is 236 cm³/mol. The first kappa shape index (κ1) is 47.3. The van der Waals surface area contributed by atoms with Gasteiger partial charge in [0.25, 0.3) is 0 Å². The quantitative estimate of drug-likeness (QED) is 0.122.